The van der Waals surface area contributed by atoms with Gasteiger partial charge in [0.1, 0.15) is 11.5 Å². The van der Waals surface area contributed by atoms with Gasteiger partial charge in [-0.05, 0) is 68.2 Å². The monoisotopic (exact) mass is 463 g/mol. The number of halogens is 4. The molecule has 0 fully saturated rings. The molecule has 1 heterocycles. The van der Waals surface area contributed by atoms with Gasteiger partial charge < -0.3 is 9.15 Å². The molecule has 0 aliphatic carbocycles. The maximum Gasteiger partial charge on any atom is 0.416 e. The van der Waals surface area contributed by atoms with Crippen molar-refractivity contribution in [3.8, 4) is 5.75 Å². The van der Waals surface area contributed by atoms with Crippen molar-refractivity contribution in [3.63, 3.8) is 0 Å². The minimum Gasteiger partial charge on any atom is -0.493 e. The zero-order valence-electron chi connectivity index (χ0n) is 18.2. The van der Waals surface area contributed by atoms with Crippen LogP contribution < -0.4 is 4.74 Å². The van der Waals surface area contributed by atoms with Gasteiger partial charge in [0.2, 0.25) is 5.89 Å². The van der Waals surface area contributed by atoms with E-state index in [1.54, 1.807) is 12.2 Å². The summed E-state index contributed by atoms with van der Waals surface area (Å²) in [5.41, 5.74) is 2.82. The van der Waals surface area contributed by atoms with E-state index in [0.717, 1.165) is 46.9 Å². The van der Waals surface area contributed by atoms with E-state index in [4.69, 9.17) is 20.8 Å². The molecule has 1 atom stereocenters. The number of hydrogen-bond donors (Lipinski definition) is 0. The molecule has 170 valence electrons. The van der Waals surface area contributed by atoms with Gasteiger partial charge >= 0.3 is 6.18 Å². The number of benzene rings is 2. The Morgan fingerprint density at radius 1 is 1.09 bits per heavy atom. The van der Waals surface area contributed by atoms with Gasteiger partial charge in [-0.25, -0.2) is 4.98 Å². The van der Waals surface area contributed by atoms with Crippen molar-refractivity contribution in [2.24, 2.45) is 0 Å². The third-order valence-corrected chi connectivity index (χ3v) is 5.16. The standard InChI is InChI=1S/C25H25ClF3NO2/c1-16-14-20(6-10-22(16)31-13-12-17(2)26)15-23-18(3)30-24(32-23)11-7-19-4-8-21(9-5-19)25(27,28)29/h4-11,14,17H,12-13,15H2,1-3H3/b11-7+. The van der Waals surface area contributed by atoms with Crippen LogP contribution in [0.2, 0.25) is 0 Å². The average molecular weight is 464 g/mol. The highest BCUT2D eigenvalue weighted by Gasteiger charge is 2.29. The molecule has 0 radical (unpaired) electrons. The lowest BCUT2D eigenvalue weighted by Gasteiger charge is -2.11. The highest BCUT2D eigenvalue weighted by Crippen LogP contribution is 2.29. The summed E-state index contributed by atoms with van der Waals surface area (Å²) < 4.78 is 49.7. The Labute approximate surface area is 190 Å². The lowest BCUT2D eigenvalue weighted by molar-refractivity contribution is -0.137. The summed E-state index contributed by atoms with van der Waals surface area (Å²) in [6.45, 7) is 6.37. The third kappa shape index (κ3) is 6.63. The number of alkyl halides is 4. The van der Waals surface area contributed by atoms with Gasteiger partial charge in [-0.15, -0.1) is 11.6 Å². The molecule has 7 heteroatoms. The van der Waals surface area contributed by atoms with E-state index in [1.165, 1.54) is 12.1 Å². The van der Waals surface area contributed by atoms with Gasteiger partial charge in [0.15, 0.2) is 0 Å². The molecular formula is C25H25ClF3NO2. The van der Waals surface area contributed by atoms with Crippen LogP contribution in [0.15, 0.2) is 46.9 Å². The molecule has 32 heavy (non-hydrogen) atoms. The average Bonchev–Trinajstić information content (AvgIpc) is 3.07. The Kier molecular flexibility index (Phi) is 7.67. The Balaban J connectivity index is 1.65. The summed E-state index contributed by atoms with van der Waals surface area (Å²) >= 11 is 5.95. The summed E-state index contributed by atoms with van der Waals surface area (Å²) in [4.78, 5) is 4.40. The lowest BCUT2D eigenvalue weighted by atomic mass is 10.1. The van der Waals surface area contributed by atoms with Crippen molar-refractivity contribution in [3.05, 3.63) is 82.1 Å². The third-order valence-electron chi connectivity index (χ3n) is 4.94. The highest BCUT2D eigenvalue weighted by molar-refractivity contribution is 6.20. The molecule has 0 saturated carbocycles. The van der Waals surface area contributed by atoms with Crippen LogP contribution in [0.4, 0.5) is 13.2 Å². The number of nitrogens with zero attached hydrogens (tertiary/aromatic N) is 1. The van der Waals surface area contributed by atoms with Gasteiger partial charge in [-0.3, -0.25) is 0 Å². The SMILES string of the molecule is Cc1cc(Cc2oc(/C=C/c3ccc(C(F)(F)F)cc3)nc2C)ccc1OCCC(C)Cl. The number of ether oxygens (including phenoxy) is 1. The van der Waals surface area contributed by atoms with E-state index in [9.17, 15) is 13.2 Å². The van der Waals surface area contributed by atoms with Gasteiger partial charge in [0, 0.05) is 17.9 Å². The van der Waals surface area contributed by atoms with Gasteiger partial charge in [-0.2, -0.15) is 13.2 Å². The minimum absolute atomic E-state index is 0.0755. The van der Waals surface area contributed by atoms with E-state index in [2.05, 4.69) is 11.1 Å². The zero-order valence-corrected chi connectivity index (χ0v) is 18.9. The number of rotatable bonds is 8. The Hall–Kier alpha value is -2.73. The molecule has 3 nitrogen and oxygen atoms in total. The predicted octanol–water partition coefficient (Wildman–Crippen LogP) is 7.47. The van der Waals surface area contributed by atoms with E-state index >= 15 is 0 Å². The fourth-order valence-corrected chi connectivity index (χ4v) is 3.23. The van der Waals surface area contributed by atoms with Crippen LogP contribution in [0.5, 0.6) is 5.75 Å². The minimum atomic E-state index is -4.34. The quantitative estimate of drug-likeness (QED) is 0.325. The molecule has 3 aromatic rings. The summed E-state index contributed by atoms with van der Waals surface area (Å²) in [7, 11) is 0. The van der Waals surface area contributed by atoms with Gasteiger partial charge in [0.25, 0.3) is 0 Å². The molecule has 1 aromatic heterocycles. The molecule has 0 aliphatic heterocycles. The first kappa shape index (κ1) is 23.9. The van der Waals surface area contributed by atoms with Crippen LogP contribution in [-0.2, 0) is 12.6 Å². The van der Waals surface area contributed by atoms with Crippen LogP contribution in [-0.4, -0.2) is 17.0 Å². The fraction of sp³-hybridized carbons (Fsp3) is 0.320. The predicted molar refractivity (Wildman–Crippen MR) is 121 cm³/mol. The van der Waals surface area contributed by atoms with Crippen LogP contribution in [0.25, 0.3) is 12.2 Å². The van der Waals surface area contributed by atoms with Crippen molar-refractivity contribution in [1.29, 1.82) is 0 Å². The molecule has 1 unspecified atom stereocenters. The second-order valence-electron chi connectivity index (χ2n) is 7.71. The number of hydrogen-bond acceptors (Lipinski definition) is 3. The van der Waals surface area contributed by atoms with E-state index < -0.39 is 11.7 Å². The van der Waals surface area contributed by atoms with Crippen molar-refractivity contribution in [1.82, 2.24) is 4.98 Å². The van der Waals surface area contributed by atoms with Crippen molar-refractivity contribution in [2.45, 2.75) is 45.2 Å². The lowest BCUT2D eigenvalue weighted by Crippen LogP contribution is -2.04. The highest BCUT2D eigenvalue weighted by atomic mass is 35.5. The van der Waals surface area contributed by atoms with Crippen molar-refractivity contribution >= 4 is 23.8 Å². The molecule has 0 N–H and O–H groups in total. The Morgan fingerprint density at radius 2 is 1.81 bits per heavy atom. The molecule has 0 saturated heterocycles. The van der Waals surface area contributed by atoms with Crippen molar-refractivity contribution < 1.29 is 22.3 Å². The first-order chi connectivity index (χ1) is 15.1. The van der Waals surface area contributed by atoms with Gasteiger partial charge in [0.05, 0.1) is 17.9 Å². The Morgan fingerprint density at radius 3 is 2.44 bits per heavy atom. The maximum absolute atomic E-state index is 12.7. The van der Waals surface area contributed by atoms with E-state index in [-0.39, 0.29) is 5.38 Å². The smallest absolute Gasteiger partial charge is 0.416 e. The topological polar surface area (TPSA) is 35.3 Å². The number of oxazole rings is 1. The molecule has 2 aromatic carbocycles. The maximum atomic E-state index is 12.7. The largest absolute Gasteiger partial charge is 0.493 e. The van der Waals surface area contributed by atoms with Crippen LogP contribution in [0, 0.1) is 13.8 Å². The summed E-state index contributed by atoms with van der Waals surface area (Å²) in [6, 6.07) is 10.9. The normalized spacial score (nSPS) is 13.0. The zero-order chi connectivity index (χ0) is 23.3. The van der Waals surface area contributed by atoms with Crippen molar-refractivity contribution in [2.75, 3.05) is 6.61 Å². The first-order valence-electron chi connectivity index (χ1n) is 10.3. The molecule has 0 spiro atoms. The number of aromatic nitrogens is 1. The van der Waals surface area contributed by atoms with Gasteiger partial charge in [-0.1, -0.05) is 24.3 Å². The van der Waals surface area contributed by atoms with E-state index in [0.29, 0.717) is 24.5 Å². The first-order valence-corrected chi connectivity index (χ1v) is 10.7. The summed E-state index contributed by atoms with van der Waals surface area (Å²) in [5, 5.41) is 0.0755. The summed E-state index contributed by atoms with van der Waals surface area (Å²) in [5.74, 6) is 1.98. The molecule has 3 rings (SSSR count). The molecule has 0 bridgehead atoms. The fourth-order valence-electron chi connectivity index (χ4n) is 3.14. The summed E-state index contributed by atoms with van der Waals surface area (Å²) in [6.07, 6.45) is 0.337. The molecule has 0 amide bonds. The Bertz CT molecular complexity index is 1070. The second-order valence-corrected chi connectivity index (χ2v) is 8.45. The van der Waals surface area contributed by atoms with Crippen LogP contribution in [0.3, 0.4) is 0 Å². The number of aryl methyl sites for hydroxylation is 2. The molecular weight excluding hydrogens is 439 g/mol. The van der Waals surface area contributed by atoms with Crippen LogP contribution in [0.1, 0.15) is 52.9 Å². The van der Waals surface area contributed by atoms with Crippen LogP contribution >= 0.6 is 11.6 Å². The second kappa shape index (κ2) is 10.3. The molecule has 0 aliphatic rings. The van der Waals surface area contributed by atoms with E-state index in [1.807, 2.05) is 32.9 Å².